The Balaban J connectivity index is 1.17. The summed E-state index contributed by atoms with van der Waals surface area (Å²) in [5, 5.41) is 9.11. The van der Waals surface area contributed by atoms with Gasteiger partial charge in [-0.1, -0.05) is 12.5 Å². The molecule has 5 nitrogen and oxygen atoms in total. The molecule has 156 valence electrons. The molecule has 0 amide bonds. The van der Waals surface area contributed by atoms with Crippen molar-refractivity contribution in [2.75, 3.05) is 31.1 Å². The van der Waals surface area contributed by atoms with E-state index < -0.39 is 0 Å². The maximum atomic E-state index is 9.11. The van der Waals surface area contributed by atoms with Crippen LogP contribution in [0.1, 0.15) is 48.8 Å². The van der Waals surface area contributed by atoms with Crippen molar-refractivity contribution in [2.45, 2.75) is 57.1 Å². The molecule has 2 aromatic rings. The lowest BCUT2D eigenvalue weighted by molar-refractivity contribution is 0.133. The molecule has 0 unspecified atom stereocenters. The molecule has 5 heteroatoms. The summed E-state index contributed by atoms with van der Waals surface area (Å²) in [4.78, 5) is 9.40. The molecule has 3 aliphatic rings. The van der Waals surface area contributed by atoms with Crippen molar-refractivity contribution < 1.29 is 4.74 Å². The van der Waals surface area contributed by atoms with E-state index >= 15 is 0 Å². The highest BCUT2D eigenvalue weighted by Gasteiger charge is 2.27. The molecule has 0 bridgehead atoms. The largest absolute Gasteiger partial charge is 0.490 e. The van der Waals surface area contributed by atoms with E-state index in [1.54, 1.807) is 12.3 Å². The minimum Gasteiger partial charge on any atom is -0.490 e. The summed E-state index contributed by atoms with van der Waals surface area (Å²) in [7, 11) is 0. The first-order valence-corrected chi connectivity index (χ1v) is 11.4. The van der Waals surface area contributed by atoms with Gasteiger partial charge in [-0.25, -0.2) is 4.98 Å². The average molecular weight is 403 g/mol. The van der Waals surface area contributed by atoms with Crippen LogP contribution in [-0.2, 0) is 12.8 Å². The predicted molar refractivity (Wildman–Crippen MR) is 118 cm³/mol. The van der Waals surface area contributed by atoms with Crippen LogP contribution in [0.4, 0.5) is 5.82 Å². The minimum absolute atomic E-state index is 0.246. The number of hydrogen-bond acceptors (Lipinski definition) is 5. The smallest absolute Gasteiger partial charge is 0.129 e. The Morgan fingerprint density at radius 1 is 0.933 bits per heavy atom. The van der Waals surface area contributed by atoms with Crippen LogP contribution >= 0.6 is 0 Å². The summed E-state index contributed by atoms with van der Waals surface area (Å²) in [6.45, 7) is 4.22. The van der Waals surface area contributed by atoms with E-state index in [0.717, 1.165) is 50.0 Å². The van der Waals surface area contributed by atoms with Crippen molar-refractivity contribution >= 4 is 5.82 Å². The molecule has 1 saturated heterocycles. The first kappa shape index (κ1) is 19.4. The normalized spacial score (nSPS) is 20.7. The highest BCUT2D eigenvalue weighted by atomic mass is 16.5. The number of benzene rings is 1. The molecule has 30 heavy (non-hydrogen) atoms. The lowest BCUT2D eigenvalue weighted by Crippen LogP contribution is -2.41. The lowest BCUT2D eigenvalue weighted by atomic mass is 9.91. The molecule has 1 aromatic carbocycles. The van der Waals surface area contributed by atoms with Gasteiger partial charge in [0.1, 0.15) is 17.7 Å². The van der Waals surface area contributed by atoms with Crippen molar-refractivity contribution in [2.24, 2.45) is 0 Å². The van der Waals surface area contributed by atoms with E-state index in [1.807, 2.05) is 6.07 Å². The second-order valence-electron chi connectivity index (χ2n) is 8.87. The van der Waals surface area contributed by atoms with Crippen molar-refractivity contribution in [1.29, 1.82) is 5.26 Å². The number of rotatable bonds is 4. The fourth-order valence-electron chi connectivity index (χ4n) is 4.97. The van der Waals surface area contributed by atoms with Gasteiger partial charge in [-0.2, -0.15) is 5.26 Å². The van der Waals surface area contributed by atoms with E-state index in [2.05, 4.69) is 39.1 Å². The monoisotopic (exact) mass is 402 g/mol. The standard InChI is InChI=1S/C25H30N4O/c26-18-19-6-11-27-25(16-19)29-14-9-23(10-15-29)30-24-5-4-20-7-12-28(22-2-1-3-22)13-8-21(20)17-24/h4-6,11,16-17,22-23H,1-3,7-10,12-15H2. The summed E-state index contributed by atoms with van der Waals surface area (Å²) in [6, 6.07) is 13.4. The van der Waals surface area contributed by atoms with Crippen molar-refractivity contribution in [3.63, 3.8) is 0 Å². The average Bonchev–Trinajstić information content (AvgIpc) is 2.96. The predicted octanol–water partition coefficient (Wildman–Crippen LogP) is 3.95. The number of aromatic nitrogens is 1. The molecule has 2 fully saturated rings. The second kappa shape index (κ2) is 8.65. The van der Waals surface area contributed by atoms with Crippen LogP contribution in [0.25, 0.3) is 0 Å². The van der Waals surface area contributed by atoms with Crippen molar-refractivity contribution in [1.82, 2.24) is 9.88 Å². The van der Waals surface area contributed by atoms with Crippen LogP contribution in [-0.4, -0.2) is 48.2 Å². The third-order valence-electron chi connectivity index (χ3n) is 7.05. The fraction of sp³-hybridized carbons (Fsp3) is 0.520. The molecular formula is C25H30N4O. The number of fused-ring (bicyclic) bond motifs is 1. The van der Waals surface area contributed by atoms with Gasteiger partial charge in [-0.05, 0) is 61.1 Å². The van der Waals surface area contributed by atoms with E-state index in [9.17, 15) is 0 Å². The highest BCUT2D eigenvalue weighted by Crippen LogP contribution is 2.29. The highest BCUT2D eigenvalue weighted by molar-refractivity contribution is 5.45. The summed E-state index contributed by atoms with van der Waals surface area (Å²) < 4.78 is 6.38. The van der Waals surface area contributed by atoms with E-state index in [4.69, 9.17) is 10.00 Å². The number of ether oxygens (including phenoxy) is 1. The third-order valence-corrected chi connectivity index (χ3v) is 7.05. The van der Waals surface area contributed by atoms with Crippen LogP contribution in [0.2, 0.25) is 0 Å². The van der Waals surface area contributed by atoms with Crippen molar-refractivity contribution in [3.05, 3.63) is 53.2 Å². The third kappa shape index (κ3) is 4.15. The van der Waals surface area contributed by atoms with Gasteiger partial charge >= 0.3 is 0 Å². The molecule has 1 aromatic heterocycles. The topological polar surface area (TPSA) is 52.4 Å². The zero-order chi connectivity index (χ0) is 20.3. The van der Waals surface area contributed by atoms with Gasteiger partial charge in [0, 0.05) is 51.3 Å². The summed E-state index contributed by atoms with van der Waals surface area (Å²) in [5.41, 5.74) is 3.64. The van der Waals surface area contributed by atoms with Crippen LogP contribution in [0.3, 0.4) is 0 Å². The van der Waals surface area contributed by atoms with E-state index in [-0.39, 0.29) is 6.10 Å². The minimum atomic E-state index is 0.246. The Morgan fingerprint density at radius 2 is 1.73 bits per heavy atom. The van der Waals surface area contributed by atoms with Crippen LogP contribution in [0, 0.1) is 11.3 Å². The van der Waals surface area contributed by atoms with Gasteiger partial charge < -0.3 is 9.64 Å². The second-order valence-corrected chi connectivity index (χ2v) is 8.87. The van der Waals surface area contributed by atoms with Crippen LogP contribution < -0.4 is 9.64 Å². The molecule has 1 saturated carbocycles. The molecule has 5 rings (SSSR count). The number of piperidine rings is 1. The van der Waals surface area contributed by atoms with Crippen molar-refractivity contribution in [3.8, 4) is 11.8 Å². The summed E-state index contributed by atoms with van der Waals surface area (Å²) in [6.07, 6.45) is 10.4. The first-order chi connectivity index (χ1) is 14.8. The Morgan fingerprint density at radius 3 is 2.47 bits per heavy atom. The molecule has 3 heterocycles. The fourth-order valence-corrected chi connectivity index (χ4v) is 4.97. The first-order valence-electron chi connectivity index (χ1n) is 11.4. The Labute approximate surface area is 179 Å². The Bertz CT molecular complexity index is 925. The number of hydrogen-bond donors (Lipinski definition) is 0. The zero-order valence-electron chi connectivity index (χ0n) is 17.6. The number of nitriles is 1. The van der Waals surface area contributed by atoms with E-state index in [1.165, 1.54) is 49.9 Å². The van der Waals surface area contributed by atoms with Gasteiger partial charge in [0.15, 0.2) is 0 Å². The number of pyridine rings is 1. The maximum absolute atomic E-state index is 9.11. The SMILES string of the molecule is N#Cc1ccnc(N2CCC(Oc3ccc4c(c3)CCN(C3CCC3)CC4)CC2)c1. The van der Waals surface area contributed by atoms with Gasteiger partial charge in [0.05, 0.1) is 11.6 Å². The molecule has 1 aliphatic carbocycles. The molecule has 0 spiro atoms. The summed E-state index contributed by atoms with van der Waals surface area (Å²) in [5.74, 6) is 1.92. The van der Waals surface area contributed by atoms with Crippen LogP contribution in [0.15, 0.2) is 36.5 Å². The lowest BCUT2D eigenvalue weighted by Gasteiger charge is -2.36. The van der Waals surface area contributed by atoms with Gasteiger partial charge in [-0.3, -0.25) is 4.90 Å². The Kier molecular flexibility index (Phi) is 5.59. The molecular weight excluding hydrogens is 372 g/mol. The quantitative estimate of drug-likeness (QED) is 0.775. The van der Waals surface area contributed by atoms with Gasteiger partial charge in [0.2, 0.25) is 0 Å². The number of anilines is 1. The zero-order valence-corrected chi connectivity index (χ0v) is 17.6. The maximum Gasteiger partial charge on any atom is 0.129 e. The van der Waals surface area contributed by atoms with Gasteiger partial charge in [-0.15, -0.1) is 0 Å². The van der Waals surface area contributed by atoms with Gasteiger partial charge in [0.25, 0.3) is 0 Å². The van der Waals surface area contributed by atoms with Crippen LogP contribution in [0.5, 0.6) is 5.75 Å². The molecule has 0 atom stereocenters. The number of nitrogens with zero attached hydrogens (tertiary/aromatic N) is 4. The molecule has 0 radical (unpaired) electrons. The Hall–Kier alpha value is -2.58. The summed E-state index contributed by atoms with van der Waals surface area (Å²) >= 11 is 0. The van der Waals surface area contributed by atoms with E-state index in [0.29, 0.717) is 5.56 Å². The molecule has 0 N–H and O–H groups in total. The molecule has 2 aliphatic heterocycles.